The number of carbonyl (C=O) groups is 1. The van der Waals surface area contributed by atoms with Crippen molar-refractivity contribution >= 4 is 11.7 Å². The zero-order valence-corrected chi connectivity index (χ0v) is 9.63. The second-order valence-electron chi connectivity index (χ2n) is 4.02. The minimum Gasteiger partial charge on any atom is -0.465 e. The number of anilines is 1. The molecule has 2 rings (SSSR count). The molecular weight excluding hydrogens is 223 g/mol. The highest BCUT2D eigenvalue weighted by Crippen LogP contribution is 2.17. The van der Waals surface area contributed by atoms with Gasteiger partial charge in [0.15, 0.2) is 0 Å². The van der Waals surface area contributed by atoms with Crippen molar-refractivity contribution in [2.24, 2.45) is 0 Å². The lowest BCUT2D eigenvalue weighted by Crippen LogP contribution is -2.22. The summed E-state index contributed by atoms with van der Waals surface area (Å²) in [5, 5.41) is 6.47. The van der Waals surface area contributed by atoms with Crippen molar-refractivity contribution in [2.75, 3.05) is 25.5 Å². The smallest absolute Gasteiger partial charge is 0.340 e. The Morgan fingerprint density at radius 3 is 3.06 bits per heavy atom. The zero-order chi connectivity index (χ0) is 12.3. The Balaban J connectivity index is 2.15. The number of benzene rings is 1. The Morgan fingerprint density at radius 1 is 1.59 bits per heavy atom. The fraction of sp³-hybridized carbons (Fsp3) is 0.417. The van der Waals surface area contributed by atoms with E-state index in [9.17, 15) is 9.18 Å². The number of hydrogen-bond donors (Lipinski definition) is 2. The van der Waals surface area contributed by atoms with Gasteiger partial charge in [-0.2, -0.15) is 0 Å². The van der Waals surface area contributed by atoms with Crippen LogP contribution in [0.2, 0.25) is 0 Å². The third kappa shape index (κ3) is 2.74. The molecule has 1 aliphatic rings. The SMILES string of the molecule is COC(=O)c1cc(NC2CCNC2)ccc1F. The molecule has 5 heteroatoms. The molecule has 1 aliphatic heterocycles. The van der Waals surface area contributed by atoms with Gasteiger partial charge in [0.2, 0.25) is 0 Å². The summed E-state index contributed by atoms with van der Waals surface area (Å²) < 4.78 is 17.9. The molecule has 0 spiro atoms. The Hall–Kier alpha value is -1.62. The maximum atomic E-state index is 13.4. The minimum atomic E-state index is -0.657. The van der Waals surface area contributed by atoms with Gasteiger partial charge in [0.25, 0.3) is 0 Å². The summed E-state index contributed by atoms with van der Waals surface area (Å²) in [6.45, 7) is 1.85. The lowest BCUT2D eigenvalue weighted by molar-refractivity contribution is 0.0595. The maximum Gasteiger partial charge on any atom is 0.340 e. The molecule has 1 atom stereocenters. The predicted octanol–water partition coefficient (Wildman–Crippen LogP) is 1.39. The maximum absolute atomic E-state index is 13.4. The molecule has 0 aliphatic carbocycles. The van der Waals surface area contributed by atoms with Crippen LogP contribution in [-0.4, -0.2) is 32.2 Å². The van der Waals surface area contributed by atoms with Gasteiger partial charge in [-0.25, -0.2) is 9.18 Å². The molecule has 4 nitrogen and oxygen atoms in total. The Labute approximate surface area is 99.2 Å². The molecule has 1 aromatic carbocycles. The molecule has 0 bridgehead atoms. The monoisotopic (exact) mass is 238 g/mol. The number of ether oxygens (including phenoxy) is 1. The number of carbonyl (C=O) groups excluding carboxylic acids is 1. The van der Waals surface area contributed by atoms with Gasteiger partial charge in [0.05, 0.1) is 12.7 Å². The molecule has 2 N–H and O–H groups in total. The molecule has 0 aromatic heterocycles. The van der Waals surface area contributed by atoms with E-state index in [0.717, 1.165) is 25.2 Å². The lowest BCUT2D eigenvalue weighted by atomic mass is 10.1. The van der Waals surface area contributed by atoms with Gasteiger partial charge in [-0.3, -0.25) is 0 Å². The molecule has 0 amide bonds. The first kappa shape index (κ1) is 11.9. The first-order valence-corrected chi connectivity index (χ1v) is 5.56. The van der Waals surface area contributed by atoms with Crippen LogP contribution < -0.4 is 10.6 Å². The van der Waals surface area contributed by atoms with Crippen LogP contribution in [0.15, 0.2) is 18.2 Å². The van der Waals surface area contributed by atoms with E-state index in [0.29, 0.717) is 6.04 Å². The molecule has 0 radical (unpaired) electrons. The summed E-state index contributed by atoms with van der Waals surface area (Å²) in [6.07, 6.45) is 1.02. The van der Waals surface area contributed by atoms with Gasteiger partial charge in [-0.15, -0.1) is 0 Å². The van der Waals surface area contributed by atoms with Crippen LogP contribution in [0.5, 0.6) is 0 Å². The van der Waals surface area contributed by atoms with Gasteiger partial charge >= 0.3 is 5.97 Å². The first-order valence-electron chi connectivity index (χ1n) is 5.56. The van der Waals surface area contributed by atoms with Crippen LogP contribution in [0.25, 0.3) is 0 Å². The van der Waals surface area contributed by atoms with Gasteiger partial charge < -0.3 is 15.4 Å². The molecule has 0 saturated carbocycles. The van der Waals surface area contributed by atoms with E-state index in [2.05, 4.69) is 15.4 Å². The number of rotatable bonds is 3. The van der Waals surface area contributed by atoms with Crippen molar-refractivity contribution in [1.29, 1.82) is 0 Å². The fourth-order valence-electron chi connectivity index (χ4n) is 1.89. The van der Waals surface area contributed by atoms with Crippen LogP contribution in [0, 0.1) is 5.82 Å². The van der Waals surface area contributed by atoms with Crippen LogP contribution >= 0.6 is 0 Å². The minimum absolute atomic E-state index is 0.0385. The van der Waals surface area contributed by atoms with Crippen molar-refractivity contribution in [3.8, 4) is 0 Å². The van der Waals surface area contributed by atoms with E-state index in [-0.39, 0.29) is 5.56 Å². The van der Waals surface area contributed by atoms with E-state index < -0.39 is 11.8 Å². The van der Waals surface area contributed by atoms with Gasteiger partial charge in [0.1, 0.15) is 5.82 Å². The van der Waals surface area contributed by atoms with E-state index in [4.69, 9.17) is 0 Å². The number of nitrogens with one attached hydrogen (secondary N) is 2. The predicted molar refractivity (Wildman–Crippen MR) is 62.6 cm³/mol. The van der Waals surface area contributed by atoms with E-state index >= 15 is 0 Å². The largest absolute Gasteiger partial charge is 0.465 e. The van der Waals surface area contributed by atoms with Crippen molar-refractivity contribution in [3.63, 3.8) is 0 Å². The molecular formula is C12H15FN2O2. The van der Waals surface area contributed by atoms with Crippen molar-refractivity contribution in [2.45, 2.75) is 12.5 Å². The lowest BCUT2D eigenvalue weighted by Gasteiger charge is -2.13. The standard InChI is InChI=1S/C12H15FN2O2/c1-17-12(16)10-6-8(2-3-11(10)13)15-9-4-5-14-7-9/h2-3,6,9,14-15H,4-5,7H2,1H3. The van der Waals surface area contributed by atoms with Crippen molar-refractivity contribution < 1.29 is 13.9 Å². The van der Waals surface area contributed by atoms with Crippen LogP contribution in [-0.2, 0) is 4.74 Å². The molecule has 1 saturated heterocycles. The molecule has 92 valence electrons. The summed E-state index contributed by atoms with van der Waals surface area (Å²) in [4.78, 5) is 11.3. The molecule has 17 heavy (non-hydrogen) atoms. The van der Waals surface area contributed by atoms with Gasteiger partial charge in [-0.05, 0) is 31.2 Å². The van der Waals surface area contributed by atoms with Crippen LogP contribution in [0.1, 0.15) is 16.8 Å². The zero-order valence-electron chi connectivity index (χ0n) is 9.63. The number of methoxy groups -OCH3 is 1. The van der Waals surface area contributed by atoms with Crippen LogP contribution in [0.4, 0.5) is 10.1 Å². The number of hydrogen-bond acceptors (Lipinski definition) is 4. The average Bonchev–Trinajstić information content (AvgIpc) is 2.83. The Kier molecular flexibility index (Phi) is 3.58. The highest BCUT2D eigenvalue weighted by molar-refractivity contribution is 5.90. The molecule has 1 unspecified atom stereocenters. The second kappa shape index (κ2) is 5.14. The third-order valence-corrected chi connectivity index (χ3v) is 2.80. The summed E-state index contributed by atoms with van der Waals surface area (Å²) in [7, 11) is 1.24. The van der Waals surface area contributed by atoms with Crippen molar-refractivity contribution in [1.82, 2.24) is 5.32 Å². The van der Waals surface area contributed by atoms with E-state index in [1.165, 1.54) is 19.2 Å². The van der Waals surface area contributed by atoms with Gasteiger partial charge in [-0.1, -0.05) is 0 Å². The number of esters is 1. The quantitative estimate of drug-likeness (QED) is 0.781. The highest BCUT2D eigenvalue weighted by Gasteiger charge is 2.16. The van der Waals surface area contributed by atoms with E-state index in [1.54, 1.807) is 6.07 Å². The van der Waals surface area contributed by atoms with E-state index in [1.807, 2.05) is 0 Å². The highest BCUT2D eigenvalue weighted by atomic mass is 19.1. The number of halogens is 1. The summed E-state index contributed by atoms with van der Waals surface area (Å²) in [6, 6.07) is 4.71. The Morgan fingerprint density at radius 2 is 2.41 bits per heavy atom. The average molecular weight is 238 g/mol. The molecule has 1 aromatic rings. The first-order chi connectivity index (χ1) is 8.20. The van der Waals surface area contributed by atoms with Crippen molar-refractivity contribution in [3.05, 3.63) is 29.6 Å². The topological polar surface area (TPSA) is 50.4 Å². The second-order valence-corrected chi connectivity index (χ2v) is 4.02. The summed E-state index contributed by atoms with van der Waals surface area (Å²) in [5.74, 6) is -1.22. The summed E-state index contributed by atoms with van der Waals surface area (Å²) >= 11 is 0. The summed E-state index contributed by atoms with van der Waals surface area (Å²) in [5.41, 5.74) is 0.698. The molecule has 1 heterocycles. The van der Waals surface area contributed by atoms with Crippen LogP contribution in [0.3, 0.4) is 0 Å². The van der Waals surface area contributed by atoms with Gasteiger partial charge in [0, 0.05) is 18.3 Å². The fourth-order valence-corrected chi connectivity index (χ4v) is 1.89. The normalized spacial score (nSPS) is 19.1. The molecule has 1 fully saturated rings. The third-order valence-electron chi connectivity index (χ3n) is 2.80. The Bertz CT molecular complexity index is 417.